The third kappa shape index (κ3) is 6.06. The normalized spacial score (nSPS) is 11.9. The Morgan fingerprint density at radius 3 is 2.60 bits per heavy atom. The van der Waals surface area contributed by atoms with Crippen molar-refractivity contribution in [1.82, 2.24) is 5.32 Å². The van der Waals surface area contributed by atoms with Crippen molar-refractivity contribution in [2.45, 2.75) is 45.6 Å². The minimum absolute atomic E-state index is 0.0828. The molecule has 20 heavy (non-hydrogen) atoms. The fourth-order valence-corrected chi connectivity index (χ4v) is 1.85. The van der Waals surface area contributed by atoms with E-state index in [9.17, 15) is 4.79 Å². The van der Waals surface area contributed by atoms with Gasteiger partial charge >= 0.3 is 0 Å². The van der Waals surface area contributed by atoms with Crippen LogP contribution in [-0.2, 0) is 11.2 Å². The second kappa shape index (κ2) is 9.37. The van der Waals surface area contributed by atoms with E-state index in [4.69, 9.17) is 9.84 Å². The van der Waals surface area contributed by atoms with Gasteiger partial charge in [-0.05, 0) is 37.5 Å². The maximum atomic E-state index is 11.8. The molecule has 1 atom stereocenters. The molecule has 4 nitrogen and oxygen atoms in total. The highest BCUT2D eigenvalue weighted by atomic mass is 16.5. The molecule has 1 aromatic carbocycles. The first-order valence-corrected chi connectivity index (χ1v) is 7.31. The van der Waals surface area contributed by atoms with Crippen molar-refractivity contribution in [2.75, 3.05) is 13.2 Å². The second-order valence-corrected chi connectivity index (χ2v) is 4.88. The predicted octanol–water partition coefficient (Wildman–Crippen LogP) is 2.30. The van der Waals surface area contributed by atoms with Crippen LogP contribution in [0.15, 0.2) is 24.3 Å². The number of hydrogen-bond acceptors (Lipinski definition) is 3. The molecule has 1 rings (SSSR count). The van der Waals surface area contributed by atoms with E-state index in [1.54, 1.807) is 6.92 Å². The molecule has 0 spiro atoms. The lowest BCUT2D eigenvalue weighted by Gasteiger charge is -2.15. The summed E-state index contributed by atoms with van der Waals surface area (Å²) in [6, 6.07) is 7.45. The molecule has 2 N–H and O–H groups in total. The number of benzene rings is 1. The van der Waals surface area contributed by atoms with Gasteiger partial charge in [-0.25, -0.2) is 0 Å². The lowest BCUT2D eigenvalue weighted by molar-refractivity contribution is -0.127. The van der Waals surface area contributed by atoms with Crippen LogP contribution in [0, 0.1) is 0 Å². The molecule has 0 aliphatic rings. The Labute approximate surface area is 121 Å². The van der Waals surface area contributed by atoms with Gasteiger partial charge in [0.1, 0.15) is 5.75 Å². The average molecular weight is 279 g/mol. The SMILES string of the molecule is CCCCCNC(=O)C(C)Oc1ccc(CCO)cc1. The minimum Gasteiger partial charge on any atom is -0.481 e. The first-order valence-electron chi connectivity index (χ1n) is 7.31. The van der Waals surface area contributed by atoms with Crippen molar-refractivity contribution in [3.63, 3.8) is 0 Å². The molecule has 0 heterocycles. The van der Waals surface area contributed by atoms with Crippen molar-refractivity contribution in [3.05, 3.63) is 29.8 Å². The zero-order valence-electron chi connectivity index (χ0n) is 12.4. The number of aliphatic hydroxyl groups excluding tert-OH is 1. The van der Waals surface area contributed by atoms with Crippen LogP contribution in [0.4, 0.5) is 0 Å². The first-order chi connectivity index (χ1) is 9.67. The van der Waals surface area contributed by atoms with Crippen LogP contribution in [0.2, 0.25) is 0 Å². The summed E-state index contributed by atoms with van der Waals surface area (Å²) in [6.45, 7) is 4.72. The fraction of sp³-hybridized carbons (Fsp3) is 0.562. The van der Waals surface area contributed by atoms with Gasteiger partial charge in [-0.2, -0.15) is 0 Å². The molecule has 0 fully saturated rings. The molecule has 1 unspecified atom stereocenters. The molecule has 0 aliphatic heterocycles. The van der Waals surface area contributed by atoms with Crippen molar-refractivity contribution < 1.29 is 14.6 Å². The molecule has 0 bridgehead atoms. The van der Waals surface area contributed by atoms with Gasteiger partial charge < -0.3 is 15.2 Å². The lowest BCUT2D eigenvalue weighted by atomic mass is 10.1. The Bertz CT molecular complexity index is 389. The summed E-state index contributed by atoms with van der Waals surface area (Å²) in [7, 11) is 0. The number of rotatable bonds is 9. The topological polar surface area (TPSA) is 58.6 Å². The van der Waals surface area contributed by atoms with E-state index in [2.05, 4.69) is 12.2 Å². The van der Waals surface area contributed by atoms with E-state index in [-0.39, 0.29) is 12.5 Å². The zero-order valence-corrected chi connectivity index (χ0v) is 12.4. The Morgan fingerprint density at radius 2 is 2.00 bits per heavy atom. The Balaban J connectivity index is 2.36. The van der Waals surface area contributed by atoms with Crippen LogP contribution < -0.4 is 10.1 Å². The number of unbranched alkanes of at least 4 members (excludes halogenated alkanes) is 2. The van der Waals surface area contributed by atoms with Crippen molar-refractivity contribution in [2.24, 2.45) is 0 Å². The van der Waals surface area contributed by atoms with Crippen LogP contribution in [-0.4, -0.2) is 30.3 Å². The first kappa shape index (κ1) is 16.5. The van der Waals surface area contributed by atoms with Crippen molar-refractivity contribution in [3.8, 4) is 5.75 Å². The molecule has 0 aromatic heterocycles. The van der Waals surface area contributed by atoms with Crippen molar-refractivity contribution in [1.29, 1.82) is 0 Å². The van der Waals surface area contributed by atoms with Gasteiger partial charge in [0.25, 0.3) is 5.91 Å². The minimum atomic E-state index is -0.500. The summed E-state index contributed by atoms with van der Waals surface area (Å²) < 4.78 is 5.59. The number of amides is 1. The summed E-state index contributed by atoms with van der Waals surface area (Å²) in [4.78, 5) is 11.8. The summed E-state index contributed by atoms with van der Waals surface area (Å²) in [6.07, 6.45) is 3.41. The van der Waals surface area contributed by atoms with E-state index >= 15 is 0 Å². The Hall–Kier alpha value is -1.55. The maximum absolute atomic E-state index is 11.8. The standard InChI is InChI=1S/C16H25NO3/c1-3-4-5-11-17-16(19)13(2)20-15-8-6-14(7-9-15)10-12-18/h6-9,13,18H,3-5,10-12H2,1-2H3,(H,17,19). The molecule has 0 aliphatic carbocycles. The van der Waals surface area contributed by atoms with Gasteiger partial charge in [0.15, 0.2) is 6.10 Å². The highest BCUT2D eigenvalue weighted by Gasteiger charge is 2.13. The molecule has 1 amide bonds. The van der Waals surface area contributed by atoms with Crippen molar-refractivity contribution >= 4 is 5.91 Å². The third-order valence-electron chi connectivity index (χ3n) is 3.09. The van der Waals surface area contributed by atoms with Gasteiger partial charge in [0.05, 0.1) is 0 Å². The number of carbonyl (C=O) groups excluding carboxylic acids is 1. The number of hydrogen-bond donors (Lipinski definition) is 2. The van der Waals surface area contributed by atoms with Gasteiger partial charge in [0.2, 0.25) is 0 Å². The Kier molecular flexibility index (Phi) is 7.73. The third-order valence-corrected chi connectivity index (χ3v) is 3.09. The molecule has 0 radical (unpaired) electrons. The summed E-state index contributed by atoms with van der Waals surface area (Å²) >= 11 is 0. The molecule has 112 valence electrons. The highest BCUT2D eigenvalue weighted by molar-refractivity contribution is 5.80. The zero-order chi connectivity index (χ0) is 14.8. The highest BCUT2D eigenvalue weighted by Crippen LogP contribution is 2.14. The fourth-order valence-electron chi connectivity index (χ4n) is 1.85. The lowest BCUT2D eigenvalue weighted by Crippen LogP contribution is -2.36. The van der Waals surface area contributed by atoms with Gasteiger partial charge in [-0.15, -0.1) is 0 Å². The molecule has 0 saturated carbocycles. The average Bonchev–Trinajstić information content (AvgIpc) is 2.45. The van der Waals surface area contributed by atoms with E-state index in [0.717, 1.165) is 24.8 Å². The predicted molar refractivity (Wildman–Crippen MR) is 79.9 cm³/mol. The van der Waals surface area contributed by atoms with E-state index in [1.807, 2.05) is 24.3 Å². The molecule has 1 aromatic rings. The maximum Gasteiger partial charge on any atom is 0.260 e. The second-order valence-electron chi connectivity index (χ2n) is 4.88. The number of nitrogens with one attached hydrogen (secondary N) is 1. The largest absolute Gasteiger partial charge is 0.481 e. The van der Waals surface area contributed by atoms with E-state index in [1.165, 1.54) is 0 Å². The number of aliphatic hydroxyl groups is 1. The van der Waals surface area contributed by atoms with Gasteiger partial charge in [-0.1, -0.05) is 31.9 Å². The molecular weight excluding hydrogens is 254 g/mol. The molecular formula is C16H25NO3. The van der Waals surface area contributed by atoms with Crippen LogP contribution in [0.5, 0.6) is 5.75 Å². The summed E-state index contributed by atoms with van der Waals surface area (Å²) in [5, 5.41) is 11.7. The molecule has 0 saturated heterocycles. The van der Waals surface area contributed by atoms with Gasteiger partial charge in [-0.3, -0.25) is 4.79 Å². The number of carbonyl (C=O) groups is 1. The number of ether oxygens (including phenoxy) is 1. The van der Waals surface area contributed by atoms with E-state index < -0.39 is 6.10 Å². The van der Waals surface area contributed by atoms with Crippen LogP contribution in [0.3, 0.4) is 0 Å². The van der Waals surface area contributed by atoms with Crippen LogP contribution in [0.25, 0.3) is 0 Å². The summed E-state index contributed by atoms with van der Waals surface area (Å²) in [5.74, 6) is 0.587. The van der Waals surface area contributed by atoms with E-state index in [0.29, 0.717) is 18.7 Å². The van der Waals surface area contributed by atoms with Crippen LogP contribution in [0.1, 0.15) is 38.7 Å². The Morgan fingerprint density at radius 1 is 1.30 bits per heavy atom. The van der Waals surface area contributed by atoms with Gasteiger partial charge in [0, 0.05) is 13.2 Å². The molecule has 4 heteroatoms. The smallest absolute Gasteiger partial charge is 0.260 e. The quantitative estimate of drug-likeness (QED) is 0.682. The van der Waals surface area contributed by atoms with Crippen LogP contribution >= 0.6 is 0 Å². The monoisotopic (exact) mass is 279 g/mol. The summed E-state index contributed by atoms with van der Waals surface area (Å²) in [5.41, 5.74) is 1.05.